The molecule has 96 valence electrons. The molecule has 0 aromatic heterocycles. The van der Waals surface area contributed by atoms with Crippen LogP contribution in [0.25, 0.3) is 0 Å². The number of carbonyl (C=O) groups excluding carboxylic acids is 2. The van der Waals surface area contributed by atoms with Crippen LogP contribution < -0.4 is 11.1 Å². The van der Waals surface area contributed by atoms with E-state index in [-0.39, 0.29) is 11.5 Å². The molecule has 0 bridgehead atoms. The maximum atomic E-state index is 11.8. The van der Waals surface area contributed by atoms with E-state index in [1.807, 2.05) is 0 Å². The second-order valence-corrected chi connectivity index (χ2v) is 4.73. The smallest absolute Gasteiger partial charge is 0.311 e. The molecule has 1 aliphatic heterocycles. The average molecular weight is 257 g/mol. The Morgan fingerprint density at radius 1 is 1.12 bits per heavy atom. The van der Waals surface area contributed by atoms with E-state index in [1.54, 1.807) is 4.90 Å². The third-order valence-corrected chi connectivity index (χ3v) is 2.91. The largest absolute Gasteiger partial charge is 0.392 e. The standard InChI is InChI=1S/C11H19N3O2S/c12-9(17)8-13-10(15)11(16)14-6-4-2-1-3-5-7-14/h1-8H2,(H2,12,17)(H,13,15). The summed E-state index contributed by atoms with van der Waals surface area (Å²) in [4.78, 5) is 25.1. The number of nitrogens with zero attached hydrogens (tertiary/aromatic N) is 1. The molecule has 17 heavy (non-hydrogen) atoms. The van der Waals surface area contributed by atoms with Crippen molar-refractivity contribution >= 4 is 29.0 Å². The van der Waals surface area contributed by atoms with Crippen molar-refractivity contribution in [2.24, 2.45) is 5.73 Å². The van der Waals surface area contributed by atoms with Gasteiger partial charge in [-0.3, -0.25) is 9.59 Å². The van der Waals surface area contributed by atoms with E-state index in [0.717, 1.165) is 25.7 Å². The predicted octanol–water partition coefficient (Wildman–Crippen LogP) is 0.181. The monoisotopic (exact) mass is 257 g/mol. The van der Waals surface area contributed by atoms with E-state index in [0.29, 0.717) is 13.1 Å². The van der Waals surface area contributed by atoms with Crippen LogP contribution in [0.15, 0.2) is 0 Å². The zero-order valence-corrected chi connectivity index (χ0v) is 10.7. The molecular formula is C11H19N3O2S. The molecule has 2 amide bonds. The molecule has 0 saturated carbocycles. The molecule has 0 atom stereocenters. The third-order valence-electron chi connectivity index (χ3n) is 2.76. The van der Waals surface area contributed by atoms with Crippen LogP contribution in [0.4, 0.5) is 0 Å². The van der Waals surface area contributed by atoms with Crippen LogP contribution in [0.3, 0.4) is 0 Å². The molecular weight excluding hydrogens is 238 g/mol. The second kappa shape index (κ2) is 7.21. The summed E-state index contributed by atoms with van der Waals surface area (Å²) in [5, 5.41) is 2.42. The Kier molecular flexibility index (Phi) is 5.90. The van der Waals surface area contributed by atoms with Crippen LogP contribution >= 0.6 is 12.2 Å². The first-order valence-corrected chi connectivity index (χ1v) is 6.37. The summed E-state index contributed by atoms with van der Waals surface area (Å²) >= 11 is 4.63. The minimum atomic E-state index is -0.613. The summed E-state index contributed by atoms with van der Waals surface area (Å²) in [5.41, 5.74) is 5.26. The third kappa shape index (κ3) is 5.12. The molecule has 0 aromatic carbocycles. The molecule has 1 aliphatic rings. The zero-order valence-electron chi connectivity index (χ0n) is 9.91. The van der Waals surface area contributed by atoms with Crippen LogP contribution in [-0.4, -0.2) is 41.3 Å². The molecule has 1 heterocycles. The molecule has 3 N–H and O–H groups in total. The number of nitrogens with two attached hydrogens (primary N) is 1. The van der Waals surface area contributed by atoms with Crippen LogP contribution in [0.1, 0.15) is 32.1 Å². The number of hydrogen-bond acceptors (Lipinski definition) is 3. The number of nitrogens with one attached hydrogen (secondary N) is 1. The molecule has 0 spiro atoms. The normalized spacial score (nSPS) is 16.8. The van der Waals surface area contributed by atoms with E-state index in [1.165, 1.54) is 6.42 Å². The van der Waals surface area contributed by atoms with Gasteiger partial charge in [0.05, 0.1) is 11.5 Å². The highest BCUT2D eigenvalue weighted by Gasteiger charge is 2.21. The van der Waals surface area contributed by atoms with E-state index in [2.05, 4.69) is 17.5 Å². The fourth-order valence-electron chi connectivity index (χ4n) is 1.84. The number of amides is 2. The number of rotatable bonds is 2. The maximum Gasteiger partial charge on any atom is 0.311 e. The molecule has 0 aromatic rings. The Morgan fingerprint density at radius 2 is 1.65 bits per heavy atom. The lowest BCUT2D eigenvalue weighted by Crippen LogP contribution is -2.46. The first-order chi connectivity index (χ1) is 8.11. The summed E-state index contributed by atoms with van der Waals surface area (Å²) in [6.07, 6.45) is 5.40. The molecule has 6 heteroatoms. The first-order valence-electron chi connectivity index (χ1n) is 5.96. The van der Waals surface area contributed by atoms with Gasteiger partial charge in [-0.1, -0.05) is 31.5 Å². The van der Waals surface area contributed by atoms with E-state index in [9.17, 15) is 9.59 Å². The van der Waals surface area contributed by atoms with E-state index in [4.69, 9.17) is 5.73 Å². The van der Waals surface area contributed by atoms with Gasteiger partial charge < -0.3 is 16.0 Å². The summed E-state index contributed by atoms with van der Waals surface area (Å²) in [6.45, 7) is 1.41. The van der Waals surface area contributed by atoms with Gasteiger partial charge in [0.1, 0.15) is 0 Å². The highest BCUT2D eigenvalue weighted by Crippen LogP contribution is 2.10. The van der Waals surface area contributed by atoms with Crippen LogP contribution in [0, 0.1) is 0 Å². The highest BCUT2D eigenvalue weighted by molar-refractivity contribution is 7.80. The van der Waals surface area contributed by atoms with Crippen LogP contribution in [0.2, 0.25) is 0 Å². The molecule has 5 nitrogen and oxygen atoms in total. The average Bonchev–Trinajstić information content (AvgIpc) is 2.24. The minimum Gasteiger partial charge on any atom is -0.392 e. The Balaban J connectivity index is 2.42. The Hall–Kier alpha value is -1.17. The molecule has 0 unspecified atom stereocenters. The van der Waals surface area contributed by atoms with Crippen molar-refractivity contribution in [2.75, 3.05) is 19.6 Å². The molecule has 0 aliphatic carbocycles. The number of carbonyl (C=O) groups is 2. The summed E-state index contributed by atoms with van der Waals surface area (Å²) in [6, 6.07) is 0. The van der Waals surface area contributed by atoms with Crippen molar-refractivity contribution in [1.82, 2.24) is 10.2 Å². The van der Waals surface area contributed by atoms with Gasteiger partial charge in [0.2, 0.25) is 0 Å². The van der Waals surface area contributed by atoms with Crippen molar-refractivity contribution in [3.8, 4) is 0 Å². The van der Waals surface area contributed by atoms with Crippen LogP contribution in [0.5, 0.6) is 0 Å². The van der Waals surface area contributed by atoms with Gasteiger partial charge in [0, 0.05) is 13.1 Å². The number of hydrogen-bond donors (Lipinski definition) is 2. The second-order valence-electron chi connectivity index (χ2n) is 4.21. The lowest BCUT2D eigenvalue weighted by Gasteiger charge is -2.24. The summed E-state index contributed by atoms with van der Waals surface area (Å²) in [5.74, 6) is -1.08. The molecule has 0 radical (unpaired) electrons. The van der Waals surface area contributed by atoms with Crippen molar-refractivity contribution in [1.29, 1.82) is 0 Å². The van der Waals surface area contributed by atoms with Gasteiger partial charge >= 0.3 is 11.8 Å². The van der Waals surface area contributed by atoms with E-state index >= 15 is 0 Å². The van der Waals surface area contributed by atoms with E-state index < -0.39 is 11.8 Å². The van der Waals surface area contributed by atoms with Crippen LogP contribution in [-0.2, 0) is 9.59 Å². The van der Waals surface area contributed by atoms with Gasteiger partial charge in [-0.05, 0) is 12.8 Å². The molecule has 1 rings (SSSR count). The van der Waals surface area contributed by atoms with Crippen molar-refractivity contribution < 1.29 is 9.59 Å². The fraction of sp³-hybridized carbons (Fsp3) is 0.727. The van der Waals surface area contributed by atoms with Crippen molar-refractivity contribution in [3.63, 3.8) is 0 Å². The lowest BCUT2D eigenvalue weighted by atomic mass is 10.1. The molecule has 1 saturated heterocycles. The lowest BCUT2D eigenvalue weighted by molar-refractivity contribution is -0.145. The SMILES string of the molecule is NC(=S)CNC(=O)C(=O)N1CCCCCCC1. The Bertz CT molecular complexity index is 299. The summed E-state index contributed by atoms with van der Waals surface area (Å²) in [7, 11) is 0. The van der Waals surface area contributed by atoms with Gasteiger partial charge in [-0.15, -0.1) is 0 Å². The first kappa shape index (κ1) is 13.9. The summed E-state index contributed by atoms with van der Waals surface area (Å²) < 4.78 is 0. The Labute approximate surface area is 107 Å². The zero-order chi connectivity index (χ0) is 12.7. The van der Waals surface area contributed by atoms with Gasteiger partial charge in [-0.2, -0.15) is 0 Å². The fourth-order valence-corrected chi connectivity index (χ4v) is 1.91. The van der Waals surface area contributed by atoms with Gasteiger partial charge in [-0.25, -0.2) is 0 Å². The highest BCUT2D eigenvalue weighted by atomic mass is 32.1. The molecule has 1 fully saturated rings. The Morgan fingerprint density at radius 3 is 2.18 bits per heavy atom. The topological polar surface area (TPSA) is 75.4 Å². The van der Waals surface area contributed by atoms with Crippen molar-refractivity contribution in [2.45, 2.75) is 32.1 Å². The van der Waals surface area contributed by atoms with Gasteiger partial charge in [0.15, 0.2) is 0 Å². The quantitative estimate of drug-likeness (QED) is 0.546. The maximum absolute atomic E-state index is 11.8. The van der Waals surface area contributed by atoms with Gasteiger partial charge in [0.25, 0.3) is 0 Å². The number of likely N-dealkylation sites (tertiary alicyclic amines) is 1. The van der Waals surface area contributed by atoms with Crippen molar-refractivity contribution in [3.05, 3.63) is 0 Å². The number of thiocarbonyl (C=S) groups is 1. The minimum absolute atomic E-state index is 0.0771. The predicted molar refractivity (Wildman–Crippen MR) is 69.5 cm³/mol.